The van der Waals surface area contributed by atoms with Crippen LogP contribution in [0.15, 0.2) is 22.7 Å². The summed E-state index contributed by atoms with van der Waals surface area (Å²) >= 11 is 3.01. The quantitative estimate of drug-likeness (QED) is 0.560. The summed E-state index contributed by atoms with van der Waals surface area (Å²) in [6, 6.07) is 3.70. The molecule has 0 aliphatic carbocycles. The lowest BCUT2D eigenvalue weighted by atomic mass is 10.0. The van der Waals surface area contributed by atoms with Crippen molar-refractivity contribution < 1.29 is 25.0 Å². The summed E-state index contributed by atoms with van der Waals surface area (Å²) in [5.74, 6) is -1.66. The van der Waals surface area contributed by atoms with Crippen LogP contribution < -0.4 is 0 Å². The number of nitrogens with zero attached hydrogens (tertiary/aromatic N) is 1. The lowest BCUT2D eigenvalue weighted by molar-refractivity contribution is -0.386. The minimum absolute atomic E-state index is 0.256. The highest BCUT2D eigenvalue weighted by Gasteiger charge is 2.30. The number of hydrogen-bond acceptors (Lipinski definition) is 5. The first-order valence-electron chi connectivity index (χ1n) is 4.37. The Morgan fingerprint density at radius 2 is 2.00 bits per heavy atom. The Morgan fingerprint density at radius 1 is 1.41 bits per heavy atom. The molecular formula is C9H8BrNO6. The molecule has 1 aromatic rings. The molecule has 7 nitrogen and oxygen atoms in total. The van der Waals surface area contributed by atoms with Crippen molar-refractivity contribution in [1.82, 2.24) is 0 Å². The predicted octanol–water partition coefficient (Wildman–Crippen LogP) is 0.836. The fourth-order valence-corrected chi connectivity index (χ4v) is 1.58. The van der Waals surface area contributed by atoms with E-state index in [4.69, 9.17) is 10.2 Å². The molecule has 1 aromatic carbocycles. The Kier molecular flexibility index (Phi) is 4.16. The van der Waals surface area contributed by atoms with Crippen LogP contribution in [-0.2, 0) is 4.79 Å². The minimum Gasteiger partial charge on any atom is -0.479 e. The van der Waals surface area contributed by atoms with E-state index < -0.39 is 28.8 Å². The van der Waals surface area contributed by atoms with E-state index in [-0.39, 0.29) is 5.56 Å². The van der Waals surface area contributed by atoms with Crippen LogP contribution in [0.3, 0.4) is 0 Å². The molecule has 2 unspecified atom stereocenters. The average Bonchev–Trinajstić information content (AvgIpc) is 2.26. The first kappa shape index (κ1) is 13.6. The molecule has 92 valence electrons. The Labute approximate surface area is 104 Å². The number of aliphatic hydroxyl groups excluding tert-OH is 2. The van der Waals surface area contributed by atoms with E-state index >= 15 is 0 Å². The van der Waals surface area contributed by atoms with Crippen LogP contribution in [0.4, 0.5) is 5.69 Å². The molecule has 0 saturated carbocycles. The Bertz CT molecular complexity index is 463. The van der Waals surface area contributed by atoms with Crippen LogP contribution in [0.2, 0.25) is 0 Å². The van der Waals surface area contributed by atoms with Crippen LogP contribution in [0.5, 0.6) is 0 Å². The zero-order valence-electron chi connectivity index (χ0n) is 8.28. The number of carbonyl (C=O) groups is 1. The van der Waals surface area contributed by atoms with Gasteiger partial charge in [-0.2, -0.15) is 0 Å². The van der Waals surface area contributed by atoms with Crippen LogP contribution in [0, 0.1) is 10.1 Å². The number of carboxylic acid groups (broad SMARTS) is 1. The second-order valence-corrected chi connectivity index (χ2v) is 4.10. The maximum absolute atomic E-state index is 10.7. The van der Waals surface area contributed by atoms with Gasteiger partial charge in [0.15, 0.2) is 6.10 Å². The highest BCUT2D eigenvalue weighted by molar-refractivity contribution is 9.10. The van der Waals surface area contributed by atoms with E-state index in [2.05, 4.69) is 15.9 Å². The predicted molar refractivity (Wildman–Crippen MR) is 59.4 cm³/mol. The van der Waals surface area contributed by atoms with Crippen molar-refractivity contribution in [2.75, 3.05) is 0 Å². The van der Waals surface area contributed by atoms with Gasteiger partial charge in [0.05, 0.1) is 10.5 Å². The molecule has 0 spiro atoms. The molecule has 1 rings (SSSR count). The third-order valence-corrected chi connectivity index (χ3v) is 2.55. The third-order valence-electron chi connectivity index (χ3n) is 2.06. The standard InChI is InChI=1S/C9H8BrNO6/c10-4-1-2-5(6(3-4)11(16)17)7(12)8(13)9(14)15/h1-3,7-8,12-13H,(H,14,15). The molecule has 0 bridgehead atoms. The Hall–Kier alpha value is -1.51. The number of rotatable bonds is 4. The number of aliphatic carboxylic acids is 1. The van der Waals surface area contributed by atoms with E-state index in [0.29, 0.717) is 4.47 Å². The summed E-state index contributed by atoms with van der Waals surface area (Å²) in [4.78, 5) is 20.4. The van der Waals surface area contributed by atoms with Crippen molar-refractivity contribution >= 4 is 27.6 Å². The Balaban J connectivity index is 3.21. The number of nitro benzene ring substituents is 1. The average molecular weight is 306 g/mol. The SMILES string of the molecule is O=C(O)C(O)C(O)c1ccc(Br)cc1[N+](=O)[O-]. The van der Waals surface area contributed by atoms with E-state index in [0.717, 1.165) is 6.07 Å². The molecule has 2 atom stereocenters. The number of benzene rings is 1. The largest absolute Gasteiger partial charge is 0.479 e. The molecule has 0 amide bonds. The molecule has 0 saturated heterocycles. The summed E-state index contributed by atoms with van der Waals surface area (Å²) in [6.45, 7) is 0. The lowest BCUT2D eigenvalue weighted by Gasteiger charge is -2.14. The maximum atomic E-state index is 10.7. The first-order chi connectivity index (χ1) is 7.84. The monoisotopic (exact) mass is 305 g/mol. The lowest BCUT2D eigenvalue weighted by Crippen LogP contribution is -2.27. The van der Waals surface area contributed by atoms with Crippen molar-refractivity contribution in [3.05, 3.63) is 38.3 Å². The first-order valence-corrected chi connectivity index (χ1v) is 5.16. The fourth-order valence-electron chi connectivity index (χ4n) is 1.23. The van der Waals surface area contributed by atoms with Gasteiger partial charge in [0.1, 0.15) is 6.10 Å². The van der Waals surface area contributed by atoms with E-state index in [1.165, 1.54) is 12.1 Å². The van der Waals surface area contributed by atoms with E-state index in [9.17, 15) is 20.0 Å². The smallest absolute Gasteiger partial charge is 0.335 e. The zero-order valence-corrected chi connectivity index (χ0v) is 9.86. The maximum Gasteiger partial charge on any atom is 0.335 e. The number of aliphatic hydroxyl groups is 2. The fraction of sp³-hybridized carbons (Fsp3) is 0.222. The van der Waals surface area contributed by atoms with E-state index in [1.54, 1.807) is 0 Å². The third kappa shape index (κ3) is 2.99. The van der Waals surface area contributed by atoms with Gasteiger partial charge in [-0.15, -0.1) is 0 Å². The second-order valence-electron chi connectivity index (χ2n) is 3.19. The van der Waals surface area contributed by atoms with Crippen LogP contribution in [-0.4, -0.2) is 32.3 Å². The molecule has 8 heteroatoms. The van der Waals surface area contributed by atoms with Gasteiger partial charge in [-0.05, 0) is 12.1 Å². The molecule has 0 aliphatic rings. The van der Waals surface area contributed by atoms with Gasteiger partial charge in [0.25, 0.3) is 5.69 Å². The summed E-state index contributed by atoms with van der Waals surface area (Å²) < 4.78 is 0.407. The number of nitro groups is 1. The number of halogens is 1. The van der Waals surface area contributed by atoms with Gasteiger partial charge in [0, 0.05) is 10.5 Å². The van der Waals surface area contributed by atoms with Crippen molar-refractivity contribution in [3.63, 3.8) is 0 Å². The topological polar surface area (TPSA) is 121 Å². The van der Waals surface area contributed by atoms with Crippen molar-refractivity contribution in [1.29, 1.82) is 0 Å². The van der Waals surface area contributed by atoms with Gasteiger partial charge in [-0.25, -0.2) is 4.79 Å². The zero-order chi connectivity index (χ0) is 13.2. The van der Waals surface area contributed by atoms with Gasteiger partial charge in [-0.1, -0.05) is 15.9 Å². The molecule has 0 radical (unpaired) electrons. The van der Waals surface area contributed by atoms with Crippen molar-refractivity contribution in [3.8, 4) is 0 Å². The van der Waals surface area contributed by atoms with Gasteiger partial charge in [-0.3, -0.25) is 10.1 Å². The normalized spacial score (nSPS) is 14.1. The van der Waals surface area contributed by atoms with Gasteiger partial charge >= 0.3 is 5.97 Å². The molecule has 0 aliphatic heterocycles. The second kappa shape index (κ2) is 5.21. The number of hydrogen-bond donors (Lipinski definition) is 3. The van der Waals surface area contributed by atoms with Crippen LogP contribution >= 0.6 is 15.9 Å². The summed E-state index contributed by atoms with van der Waals surface area (Å²) in [5.41, 5.74) is -0.722. The molecule has 3 N–H and O–H groups in total. The highest BCUT2D eigenvalue weighted by atomic mass is 79.9. The van der Waals surface area contributed by atoms with Gasteiger partial charge < -0.3 is 15.3 Å². The Morgan fingerprint density at radius 3 is 2.47 bits per heavy atom. The summed E-state index contributed by atoms with van der Waals surface area (Å²) in [5, 5.41) is 37.9. The van der Waals surface area contributed by atoms with Crippen LogP contribution in [0.25, 0.3) is 0 Å². The van der Waals surface area contributed by atoms with E-state index in [1.807, 2.05) is 0 Å². The van der Waals surface area contributed by atoms with Crippen LogP contribution in [0.1, 0.15) is 11.7 Å². The highest BCUT2D eigenvalue weighted by Crippen LogP contribution is 2.30. The summed E-state index contributed by atoms with van der Waals surface area (Å²) in [7, 11) is 0. The molecule has 0 aromatic heterocycles. The van der Waals surface area contributed by atoms with Gasteiger partial charge in [0.2, 0.25) is 0 Å². The molecule has 17 heavy (non-hydrogen) atoms. The molecular weight excluding hydrogens is 298 g/mol. The molecule has 0 heterocycles. The van der Waals surface area contributed by atoms with Crippen molar-refractivity contribution in [2.45, 2.75) is 12.2 Å². The van der Waals surface area contributed by atoms with Crippen molar-refractivity contribution in [2.24, 2.45) is 0 Å². The number of carboxylic acids is 1. The summed E-state index contributed by atoms with van der Waals surface area (Å²) in [6.07, 6.45) is -3.98. The minimum atomic E-state index is -2.12. The molecule has 0 fully saturated rings.